The second kappa shape index (κ2) is 7.94. The quantitative estimate of drug-likeness (QED) is 0.445. The highest BCUT2D eigenvalue weighted by Crippen LogP contribution is 2.22. The molecule has 29 heavy (non-hydrogen) atoms. The van der Waals surface area contributed by atoms with Crippen molar-refractivity contribution in [2.75, 3.05) is 19.7 Å². The van der Waals surface area contributed by atoms with Gasteiger partial charge in [-0.15, -0.1) is 0 Å². The van der Waals surface area contributed by atoms with Gasteiger partial charge >= 0.3 is 5.97 Å². The van der Waals surface area contributed by atoms with Gasteiger partial charge < -0.3 is 9.64 Å². The first-order valence-corrected chi connectivity index (χ1v) is 10.4. The van der Waals surface area contributed by atoms with Gasteiger partial charge in [0.15, 0.2) is 5.65 Å². The molecule has 0 aliphatic carbocycles. The SMILES string of the molecule is CCOC(=O)C1CCN(C(=O)c2cccn3c(=O)c4cc(Br)ccc4nc23)CC1. The van der Waals surface area contributed by atoms with Crippen LogP contribution in [0.1, 0.15) is 30.1 Å². The second-order valence-corrected chi connectivity index (χ2v) is 7.93. The van der Waals surface area contributed by atoms with Crippen molar-refractivity contribution >= 4 is 44.4 Å². The first-order chi connectivity index (χ1) is 14.0. The van der Waals surface area contributed by atoms with Crippen molar-refractivity contribution in [3.8, 4) is 0 Å². The Labute approximate surface area is 175 Å². The highest BCUT2D eigenvalue weighted by Gasteiger charge is 2.29. The van der Waals surface area contributed by atoms with E-state index in [4.69, 9.17) is 4.74 Å². The maximum Gasteiger partial charge on any atom is 0.309 e. The van der Waals surface area contributed by atoms with Crippen molar-refractivity contribution in [3.05, 3.63) is 56.9 Å². The number of aromatic nitrogens is 2. The van der Waals surface area contributed by atoms with E-state index in [0.717, 1.165) is 4.47 Å². The van der Waals surface area contributed by atoms with Gasteiger partial charge in [-0.1, -0.05) is 15.9 Å². The van der Waals surface area contributed by atoms with Crippen molar-refractivity contribution in [2.24, 2.45) is 5.92 Å². The summed E-state index contributed by atoms with van der Waals surface area (Å²) in [5, 5.41) is 0.483. The van der Waals surface area contributed by atoms with Crippen LogP contribution < -0.4 is 5.56 Å². The third-order valence-electron chi connectivity index (χ3n) is 5.23. The van der Waals surface area contributed by atoms with Crippen LogP contribution in [-0.4, -0.2) is 45.9 Å². The summed E-state index contributed by atoms with van der Waals surface area (Å²) in [5.74, 6) is -0.556. The summed E-state index contributed by atoms with van der Waals surface area (Å²) in [5.41, 5.74) is 1.04. The summed E-state index contributed by atoms with van der Waals surface area (Å²) < 4.78 is 7.29. The van der Waals surface area contributed by atoms with E-state index >= 15 is 0 Å². The monoisotopic (exact) mass is 457 g/mol. The first-order valence-electron chi connectivity index (χ1n) is 9.56. The van der Waals surface area contributed by atoms with Crippen LogP contribution in [0.4, 0.5) is 0 Å². The van der Waals surface area contributed by atoms with E-state index in [1.165, 1.54) is 4.40 Å². The number of amides is 1. The Kier molecular flexibility index (Phi) is 5.36. The number of hydrogen-bond donors (Lipinski definition) is 0. The van der Waals surface area contributed by atoms with Crippen molar-refractivity contribution in [2.45, 2.75) is 19.8 Å². The van der Waals surface area contributed by atoms with Crippen LogP contribution in [0.2, 0.25) is 0 Å². The Bertz CT molecular complexity index is 1170. The van der Waals surface area contributed by atoms with E-state index in [-0.39, 0.29) is 23.4 Å². The van der Waals surface area contributed by atoms with Gasteiger partial charge in [-0.25, -0.2) is 4.98 Å². The molecule has 1 aliphatic rings. The van der Waals surface area contributed by atoms with E-state index in [2.05, 4.69) is 20.9 Å². The number of carbonyl (C=O) groups excluding carboxylic acids is 2. The van der Waals surface area contributed by atoms with E-state index in [0.29, 0.717) is 54.7 Å². The lowest BCUT2D eigenvalue weighted by molar-refractivity contribution is -0.149. The molecule has 0 saturated carbocycles. The van der Waals surface area contributed by atoms with Crippen LogP contribution in [0.3, 0.4) is 0 Å². The van der Waals surface area contributed by atoms with Crippen molar-refractivity contribution in [1.29, 1.82) is 0 Å². The number of carbonyl (C=O) groups is 2. The van der Waals surface area contributed by atoms with Gasteiger partial charge in [0, 0.05) is 23.8 Å². The molecule has 1 saturated heterocycles. The molecule has 0 N–H and O–H groups in total. The maximum absolute atomic E-state index is 13.2. The molecule has 1 aromatic carbocycles. The lowest BCUT2D eigenvalue weighted by Crippen LogP contribution is -2.41. The molecule has 2 aromatic heterocycles. The maximum atomic E-state index is 13.2. The highest BCUT2D eigenvalue weighted by atomic mass is 79.9. The minimum absolute atomic E-state index is 0.172. The fourth-order valence-electron chi connectivity index (χ4n) is 3.71. The summed E-state index contributed by atoms with van der Waals surface area (Å²) in [6, 6.07) is 8.67. The molecule has 150 valence electrons. The molecule has 4 rings (SSSR count). The molecule has 0 atom stereocenters. The number of esters is 1. The summed E-state index contributed by atoms with van der Waals surface area (Å²) >= 11 is 3.38. The number of pyridine rings is 1. The number of halogens is 1. The van der Waals surface area contributed by atoms with Crippen molar-refractivity contribution < 1.29 is 14.3 Å². The van der Waals surface area contributed by atoms with Gasteiger partial charge in [0.05, 0.1) is 29.0 Å². The van der Waals surface area contributed by atoms with Crippen LogP contribution in [0.15, 0.2) is 45.8 Å². The zero-order valence-corrected chi connectivity index (χ0v) is 17.5. The molecule has 3 heterocycles. The Morgan fingerprint density at radius 1 is 1.24 bits per heavy atom. The molecule has 1 amide bonds. The Morgan fingerprint density at radius 3 is 2.72 bits per heavy atom. The summed E-state index contributed by atoms with van der Waals surface area (Å²) in [7, 11) is 0. The molecular weight excluding hydrogens is 438 g/mol. The molecule has 1 aliphatic heterocycles. The molecule has 7 nitrogen and oxygen atoms in total. The van der Waals surface area contributed by atoms with Crippen LogP contribution in [-0.2, 0) is 9.53 Å². The standard InChI is InChI=1S/C21H20BrN3O4/c1-2-29-21(28)13-7-10-24(11-8-13)19(26)15-4-3-9-25-18(15)23-17-6-5-14(22)12-16(17)20(25)27/h3-6,9,12-13H,2,7-8,10-11H2,1H3. The second-order valence-electron chi connectivity index (χ2n) is 7.01. The molecule has 3 aromatic rings. The smallest absolute Gasteiger partial charge is 0.309 e. The molecular formula is C21H20BrN3O4. The third-order valence-corrected chi connectivity index (χ3v) is 5.73. The van der Waals surface area contributed by atoms with Gasteiger partial charge in [0.1, 0.15) is 0 Å². The Morgan fingerprint density at radius 2 is 2.00 bits per heavy atom. The fourth-order valence-corrected chi connectivity index (χ4v) is 4.08. The van der Waals surface area contributed by atoms with E-state index < -0.39 is 0 Å². The predicted molar refractivity (Wildman–Crippen MR) is 112 cm³/mol. The zero-order valence-electron chi connectivity index (χ0n) is 15.9. The number of nitrogens with zero attached hydrogens (tertiary/aromatic N) is 3. The van der Waals surface area contributed by atoms with Crippen LogP contribution in [0, 0.1) is 5.92 Å². The van der Waals surface area contributed by atoms with Gasteiger partial charge in [-0.05, 0) is 50.1 Å². The molecule has 1 fully saturated rings. The van der Waals surface area contributed by atoms with E-state index in [1.807, 2.05) is 6.07 Å². The van der Waals surface area contributed by atoms with E-state index in [9.17, 15) is 14.4 Å². The highest BCUT2D eigenvalue weighted by molar-refractivity contribution is 9.10. The van der Waals surface area contributed by atoms with Gasteiger partial charge in [0.25, 0.3) is 11.5 Å². The Hall–Kier alpha value is -2.74. The van der Waals surface area contributed by atoms with Gasteiger partial charge in [0.2, 0.25) is 0 Å². The van der Waals surface area contributed by atoms with Gasteiger partial charge in [-0.2, -0.15) is 0 Å². The third kappa shape index (κ3) is 3.64. The Balaban J connectivity index is 1.67. The summed E-state index contributed by atoms with van der Waals surface area (Å²) in [6.45, 7) is 3.08. The van der Waals surface area contributed by atoms with Crippen molar-refractivity contribution in [3.63, 3.8) is 0 Å². The fraction of sp³-hybridized carbons (Fsp3) is 0.333. The number of fused-ring (bicyclic) bond motifs is 2. The lowest BCUT2D eigenvalue weighted by atomic mass is 9.96. The predicted octanol–water partition coefficient (Wildman–Crippen LogP) is 3.03. The largest absolute Gasteiger partial charge is 0.466 e. The number of benzene rings is 1. The number of piperidine rings is 1. The average Bonchev–Trinajstić information content (AvgIpc) is 2.74. The average molecular weight is 458 g/mol. The molecule has 0 radical (unpaired) electrons. The molecule has 0 bridgehead atoms. The zero-order chi connectivity index (χ0) is 20.5. The molecule has 0 unspecified atom stereocenters. The lowest BCUT2D eigenvalue weighted by Gasteiger charge is -2.31. The topological polar surface area (TPSA) is 81.0 Å². The summed E-state index contributed by atoms with van der Waals surface area (Å²) in [6.07, 6.45) is 2.76. The van der Waals surface area contributed by atoms with Gasteiger partial charge in [-0.3, -0.25) is 18.8 Å². The molecule has 0 spiro atoms. The first kappa shape index (κ1) is 19.6. The summed E-state index contributed by atoms with van der Waals surface area (Å²) in [4.78, 5) is 44.3. The number of rotatable bonds is 3. The number of hydrogen-bond acceptors (Lipinski definition) is 5. The van der Waals surface area contributed by atoms with E-state index in [1.54, 1.807) is 42.3 Å². The number of likely N-dealkylation sites (tertiary alicyclic amines) is 1. The van der Waals surface area contributed by atoms with Crippen LogP contribution in [0.5, 0.6) is 0 Å². The van der Waals surface area contributed by atoms with Crippen LogP contribution in [0.25, 0.3) is 16.6 Å². The normalized spacial score (nSPS) is 15.0. The minimum atomic E-state index is -0.220. The van der Waals surface area contributed by atoms with Crippen molar-refractivity contribution in [1.82, 2.24) is 14.3 Å². The molecule has 8 heteroatoms. The van der Waals surface area contributed by atoms with Crippen LogP contribution >= 0.6 is 15.9 Å². The number of ether oxygens (including phenoxy) is 1. The minimum Gasteiger partial charge on any atom is -0.466 e.